The number of rotatable bonds is 8. The average molecular weight is 241 g/mol. The molecule has 102 valence electrons. The molecular weight excluding hydrogens is 210 g/mol. The molecule has 0 radical (unpaired) electrons. The van der Waals surface area contributed by atoms with Crippen LogP contribution in [0.15, 0.2) is 0 Å². The molecule has 0 spiro atoms. The highest BCUT2D eigenvalue weighted by molar-refractivity contribution is 4.73. The molecule has 0 amide bonds. The number of nitrogens with one attached hydrogen (secondary N) is 1. The third kappa shape index (κ3) is 6.39. The van der Waals surface area contributed by atoms with Crippen LogP contribution in [0.5, 0.6) is 0 Å². The van der Waals surface area contributed by atoms with Crippen molar-refractivity contribution in [2.24, 2.45) is 0 Å². The molecule has 0 aromatic carbocycles. The third-order valence-electron chi connectivity index (χ3n) is 3.79. The van der Waals surface area contributed by atoms with Crippen LogP contribution < -0.4 is 5.32 Å². The summed E-state index contributed by atoms with van der Waals surface area (Å²) in [5.41, 5.74) is 0. The highest BCUT2D eigenvalue weighted by Gasteiger charge is 2.17. The summed E-state index contributed by atoms with van der Waals surface area (Å²) in [6.07, 6.45) is 5.49. The van der Waals surface area contributed by atoms with Gasteiger partial charge in [0.25, 0.3) is 0 Å². The Labute approximate surface area is 108 Å². The maximum atomic E-state index is 3.21. The summed E-state index contributed by atoms with van der Waals surface area (Å²) in [5.74, 6) is 0. The van der Waals surface area contributed by atoms with Gasteiger partial charge in [0.05, 0.1) is 0 Å². The molecular formula is C14H31N3. The van der Waals surface area contributed by atoms with Gasteiger partial charge in [-0.15, -0.1) is 0 Å². The summed E-state index contributed by atoms with van der Waals surface area (Å²) in [7, 11) is 2.04. The Kier molecular flexibility index (Phi) is 7.82. The summed E-state index contributed by atoms with van der Waals surface area (Å²) in [6, 6.07) is 0.721. The second-order valence-electron chi connectivity index (χ2n) is 5.49. The first-order valence-electron chi connectivity index (χ1n) is 7.35. The third-order valence-corrected chi connectivity index (χ3v) is 3.79. The predicted molar refractivity (Wildman–Crippen MR) is 75.5 cm³/mol. The van der Waals surface area contributed by atoms with Gasteiger partial charge in [0.1, 0.15) is 0 Å². The molecule has 0 unspecified atom stereocenters. The molecule has 0 aromatic heterocycles. The first-order chi connectivity index (χ1) is 8.24. The molecule has 1 fully saturated rings. The van der Waals surface area contributed by atoms with Crippen molar-refractivity contribution in [1.29, 1.82) is 0 Å². The molecule has 3 heteroatoms. The van der Waals surface area contributed by atoms with E-state index in [2.05, 4.69) is 29.0 Å². The lowest BCUT2D eigenvalue weighted by Crippen LogP contribution is -2.48. The zero-order valence-corrected chi connectivity index (χ0v) is 12.0. The number of unbranched alkanes of at least 4 members (excludes halogenated alkanes) is 3. The molecule has 0 saturated carbocycles. The van der Waals surface area contributed by atoms with E-state index in [9.17, 15) is 0 Å². The topological polar surface area (TPSA) is 18.5 Å². The molecule has 1 aliphatic rings. The summed E-state index contributed by atoms with van der Waals surface area (Å²) < 4.78 is 0. The molecule has 0 bridgehead atoms. The molecule has 1 N–H and O–H groups in total. The van der Waals surface area contributed by atoms with Crippen LogP contribution in [0.25, 0.3) is 0 Å². The number of nitrogens with zero attached hydrogens (tertiary/aromatic N) is 2. The normalized spacial score (nSPS) is 19.1. The maximum absolute atomic E-state index is 3.21. The van der Waals surface area contributed by atoms with Gasteiger partial charge < -0.3 is 10.2 Å². The van der Waals surface area contributed by atoms with Gasteiger partial charge in [-0.3, -0.25) is 4.90 Å². The fourth-order valence-corrected chi connectivity index (χ4v) is 2.49. The van der Waals surface area contributed by atoms with E-state index in [0.29, 0.717) is 0 Å². The number of hydrogen-bond acceptors (Lipinski definition) is 3. The van der Waals surface area contributed by atoms with Gasteiger partial charge in [-0.1, -0.05) is 12.8 Å². The molecule has 0 aliphatic carbocycles. The van der Waals surface area contributed by atoms with Gasteiger partial charge >= 0.3 is 0 Å². The van der Waals surface area contributed by atoms with E-state index in [-0.39, 0.29) is 0 Å². The van der Waals surface area contributed by atoms with Crippen LogP contribution in [0.1, 0.15) is 39.5 Å². The van der Waals surface area contributed by atoms with Gasteiger partial charge in [0.2, 0.25) is 0 Å². The molecule has 0 atom stereocenters. The van der Waals surface area contributed by atoms with Crippen molar-refractivity contribution in [3.05, 3.63) is 0 Å². The molecule has 1 heterocycles. The van der Waals surface area contributed by atoms with Gasteiger partial charge in [0.15, 0.2) is 0 Å². The summed E-state index contributed by atoms with van der Waals surface area (Å²) in [5, 5.41) is 3.21. The second-order valence-corrected chi connectivity index (χ2v) is 5.49. The van der Waals surface area contributed by atoms with Gasteiger partial charge in [-0.05, 0) is 46.8 Å². The second kappa shape index (κ2) is 8.90. The SMILES string of the molecule is CNCCCCCCN1CCN(C(C)C)CC1. The Morgan fingerprint density at radius 2 is 1.59 bits per heavy atom. The molecule has 1 rings (SSSR count). The molecule has 1 aliphatic heterocycles. The molecule has 0 aromatic rings. The van der Waals surface area contributed by atoms with E-state index in [1.807, 2.05) is 7.05 Å². The average Bonchev–Trinajstić information content (AvgIpc) is 2.34. The van der Waals surface area contributed by atoms with E-state index in [4.69, 9.17) is 0 Å². The van der Waals surface area contributed by atoms with Crippen LogP contribution in [0.4, 0.5) is 0 Å². The summed E-state index contributed by atoms with van der Waals surface area (Å²) in [4.78, 5) is 5.22. The Bertz CT molecular complexity index is 174. The highest BCUT2D eigenvalue weighted by atomic mass is 15.3. The lowest BCUT2D eigenvalue weighted by molar-refractivity contribution is 0.107. The molecule has 3 nitrogen and oxygen atoms in total. The standard InChI is InChI=1S/C14H31N3/c1-14(2)17-12-10-16(11-13-17)9-7-5-4-6-8-15-3/h14-15H,4-13H2,1-3H3. The minimum atomic E-state index is 0.721. The Morgan fingerprint density at radius 1 is 0.941 bits per heavy atom. The van der Waals surface area contributed by atoms with E-state index in [0.717, 1.165) is 6.04 Å². The van der Waals surface area contributed by atoms with Crippen molar-refractivity contribution in [3.8, 4) is 0 Å². The quantitative estimate of drug-likeness (QED) is 0.654. The summed E-state index contributed by atoms with van der Waals surface area (Å²) in [6.45, 7) is 12.2. The van der Waals surface area contributed by atoms with Gasteiger partial charge in [-0.2, -0.15) is 0 Å². The minimum absolute atomic E-state index is 0.721. The van der Waals surface area contributed by atoms with Crippen molar-refractivity contribution >= 4 is 0 Å². The Balaban J connectivity index is 1.95. The van der Waals surface area contributed by atoms with Crippen molar-refractivity contribution in [2.75, 3.05) is 46.3 Å². The fourth-order valence-electron chi connectivity index (χ4n) is 2.49. The van der Waals surface area contributed by atoms with Crippen LogP contribution in [0.2, 0.25) is 0 Å². The Hall–Kier alpha value is -0.120. The van der Waals surface area contributed by atoms with E-state index >= 15 is 0 Å². The van der Waals surface area contributed by atoms with Crippen molar-refractivity contribution in [2.45, 2.75) is 45.6 Å². The fraction of sp³-hybridized carbons (Fsp3) is 1.00. The first-order valence-corrected chi connectivity index (χ1v) is 7.35. The summed E-state index contributed by atoms with van der Waals surface area (Å²) >= 11 is 0. The van der Waals surface area contributed by atoms with Crippen LogP contribution in [0, 0.1) is 0 Å². The lowest BCUT2D eigenvalue weighted by atomic mass is 10.1. The zero-order chi connectivity index (χ0) is 12.5. The first kappa shape index (κ1) is 14.9. The van der Waals surface area contributed by atoms with Crippen LogP contribution in [-0.4, -0.2) is 62.2 Å². The number of piperazine rings is 1. The van der Waals surface area contributed by atoms with Crippen molar-refractivity contribution in [3.63, 3.8) is 0 Å². The smallest absolute Gasteiger partial charge is 0.0113 e. The van der Waals surface area contributed by atoms with E-state index in [1.165, 1.54) is 65.0 Å². The van der Waals surface area contributed by atoms with E-state index in [1.54, 1.807) is 0 Å². The molecule has 17 heavy (non-hydrogen) atoms. The predicted octanol–water partition coefficient (Wildman–Crippen LogP) is 1.79. The minimum Gasteiger partial charge on any atom is -0.320 e. The van der Waals surface area contributed by atoms with Crippen LogP contribution >= 0.6 is 0 Å². The zero-order valence-electron chi connectivity index (χ0n) is 12.0. The van der Waals surface area contributed by atoms with Gasteiger partial charge in [0, 0.05) is 32.2 Å². The highest BCUT2D eigenvalue weighted by Crippen LogP contribution is 2.07. The monoisotopic (exact) mass is 241 g/mol. The number of hydrogen-bond donors (Lipinski definition) is 1. The van der Waals surface area contributed by atoms with Gasteiger partial charge in [-0.25, -0.2) is 0 Å². The van der Waals surface area contributed by atoms with E-state index < -0.39 is 0 Å². The van der Waals surface area contributed by atoms with Crippen molar-refractivity contribution < 1.29 is 0 Å². The van der Waals surface area contributed by atoms with Crippen molar-refractivity contribution in [1.82, 2.24) is 15.1 Å². The largest absolute Gasteiger partial charge is 0.320 e. The molecule has 1 saturated heterocycles. The lowest BCUT2D eigenvalue weighted by Gasteiger charge is -2.36. The van der Waals surface area contributed by atoms with Crippen LogP contribution in [-0.2, 0) is 0 Å². The van der Waals surface area contributed by atoms with Crippen LogP contribution in [0.3, 0.4) is 0 Å². The Morgan fingerprint density at radius 3 is 2.18 bits per heavy atom. The maximum Gasteiger partial charge on any atom is 0.0113 e.